The van der Waals surface area contributed by atoms with Crippen LogP contribution in [0.4, 0.5) is 4.39 Å². The number of hydrogen-bond acceptors (Lipinski definition) is 3. The fourth-order valence-corrected chi connectivity index (χ4v) is 3.62. The first-order valence-corrected chi connectivity index (χ1v) is 9.90. The lowest BCUT2D eigenvalue weighted by Gasteiger charge is -2.25. The van der Waals surface area contributed by atoms with Crippen LogP contribution in [0.15, 0.2) is 48.5 Å². The zero-order valence-corrected chi connectivity index (χ0v) is 17.1. The fraction of sp³-hybridized carbons (Fsp3) is 0.391. The standard InChI is InChI=1S/C23H28FN3O2/c1-25-22(28)18-10-9-15(12-21(18)24)11-17(27(2)3)14-26-23(29)20-13-19(20)16-7-5-4-6-8-16/h4-10,12,17,19-20H,11,13-14H2,1-3H3,(H,25,28)(H,26,29)/t17?,19-,20+/m0/s1. The molecule has 0 heterocycles. The molecule has 1 saturated carbocycles. The molecule has 29 heavy (non-hydrogen) atoms. The summed E-state index contributed by atoms with van der Waals surface area (Å²) in [6.07, 6.45) is 1.46. The number of nitrogens with zero attached hydrogens (tertiary/aromatic N) is 1. The number of amides is 2. The van der Waals surface area contributed by atoms with Crippen molar-refractivity contribution < 1.29 is 14.0 Å². The normalized spacial score (nSPS) is 18.9. The molecule has 3 rings (SSSR count). The van der Waals surface area contributed by atoms with E-state index in [0.717, 1.165) is 12.0 Å². The van der Waals surface area contributed by atoms with E-state index in [1.165, 1.54) is 24.7 Å². The molecular formula is C23H28FN3O2. The molecule has 1 aliphatic rings. The maximum atomic E-state index is 14.2. The molecule has 2 amide bonds. The van der Waals surface area contributed by atoms with Gasteiger partial charge in [-0.1, -0.05) is 36.4 Å². The Bertz CT molecular complexity index is 870. The Morgan fingerprint density at radius 1 is 1.17 bits per heavy atom. The van der Waals surface area contributed by atoms with Crippen molar-refractivity contribution in [2.24, 2.45) is 5.92 Å². The van der Waals surface area contributed by atoms with Gasteiger partial charge in [-0.3, -0.25) is 9.59 Å². The smallest absolute Gasteiger partial charge is 0.253 e. The molecule has 2 aromatic rings. The summed E-state index contributed by atoms with van der Waals surface area (Å²) >= 11 is 0. The van der Waals surface area contributed by atoms with Crippen LogP contribution in [-0.4, -0.2) is 50.4 Å². The predicted octanol–water partition coefficient (Wildman–Crippen LogP) is 2.58. The molecule has 0 radical (unpaired) electrons. The number of likely N-dealkylation sites (N-methyl/N-ethyl adjacent to an activating group) is 1. The largest absolute Gasteiger partial charge is 0.355 e. The third kappa shape index (κ3) is 5.21. The summed E-state index contributed by atoms with van der Waals surface area (Å²) < 4.78 is 14.2. The maximum absolute atomic E-state index is 14.2. The Kier molecular flexibility index (Phi) is 6.64. The zero-order chi connectivity index (χ0) is 21.0. The van der Waals surface area contributed by atoms with Gasteiger partial charge in [-0.25, -0.2) is 4.39 Å². The molecule has 6 heteroatoms. The summed E-state index contributed by atoms with van der Waals surface area (Å²) in [5, 5.41) is 5.49. The summed E-state index contributed by atoms with van der Waals surface area (Å²) in [5.74, 6) is -0.563. The summed E-state index contributed by atoms with van der Waals surface area (Å²) in [6, 6.07) is 14.8. The van der Waals surface area contributed by atoms with Crippen molar-refractivity contribution in [3.8, 4) is 0 Å². The van der Waals surface area contributed by atoms with E-state index in [9.17, 15) is 14.0 Å². The van der Waals surface area contributed by atoms with Gasteiger partial charge >= 0.3 is 0 Å². The van der Waals surface area contributed by atoms with Gasteiger partial charge in [0, 0.05) is 25.6 Å². The highest BCUT2D eigenvalue weighted by Crippen LogP contribution is 2.47. The van der Waals surface area contributed by atoms with Crippen molar-refractivity contribution in [2.45, 2.75) is 24.8 Å². The molecule has 5 nitrogen and oxygen atoms in total. The van der Waals surface area contributed by atoms with Crippen LogP contribution in [-0.2, 0) is 11.2 Å². The summed E-state index contributed by atoms with van der Waals surface area (Å²) in [4.78, 5) is 26.2. The minimum atomic E-state index is -0.535. The Hall–Kier alpha value is -2.73. The van der Waals surface area contributed by atoms with Gasteiger partial charge in [0.2, 0.25) is 5.91 Å². The lowest BCUT2D eigenvalue weighted by Crippen LogP contribution is -2.42. The van der Waals surface area contributed by atoms with E-state index in [2.05, 4.69) is 22.8 Å². The Balaban J connectivity index is 1.56. The van der Waals surface area contributed by atoms with Crippen molar-refractivity contribution in [1.29, 1.82) is 0 Å². The van der Waals surface area contributed by atoms with E-state index in [4.69, 9.17) is 0 Å². The molecule has 0 bridgehead atoms. The molecule has 0 spiro atoms. The average molecular weight is 397 g/mol. The van der Waals surface area contributed by atoms with Crippen LogP contribution >= 0.6 is 0 Å². The fourth-order valence-electron chi connectivity index (χ4n) is 3.62. The molecule has 0 saturated heterocycles. The summed E-state index contributed by atoms with van der Waals surface area (Å²) in [6.45, 7) is 0.489. The maximum Gasteiger partial charge on any atom is 0.253 e. The van der Waals surface area contributed by atoms with E-state index >= 15 is 0 Å². The quantitative estimate of drug-likeness (QED) is 0.720. The van der Waals surface area contributed by atoms with Crippen molar-refractivity contribution in [3.05, 3.63) is 71.0 Å². The molecule has 154 valence electrons. The lowest BCUT2D eigenvalue weighted by atomic mass is 10.0. The first kappa shape index (κ1) is 21.0. The lowest BCUT2D eigenvalue weighted by molar-refractivity contribution is -0.122. The molecule has 2 N–H and O–H groups in total. The number of nitrogens with one attached hydrogen (secondary N) is 2. The van der Waals surface area contributed by atoms with Crippen molar-refractivity contribution in [1.82, 2.24) is 15.5 Å². The third-order valence-corrected chi connectivity index (χ3v) is 5.57. The van der Waals surface area contributed by atoms with Gasteiger partial charge in [0.05, 0.1) is 5.56 Å². The molecule has 0 aromatic heterocycles. The van der Waals surface area contributed by atoms with E-state index in [0.29, 0.717) is 18.9 Å². The monoisotopic (exact) mass is 397 g/mol. The summed E-state index contributed by atoms with van der Waals surface area (Å²) in [5.41, 5.74) is 2.03. The highest BCUT2D eigenvalue weighted by Gasteiger charge is 2.43. The Labute approximate surface area is 171 Å². The van der Waals surface area contributed by atoms with E-state index in [-0.39, 0.29) is 23.4 Å². The minimum absolute atomic E-state index is 0.0260. The average Bonchev–Trinajstić information content (AvgIpc) is 3.52. The minimum Gasteiger partial charge on any atom is -0.355 e. The first-order valence-electron chi connectivity index (χ1n) is 9.90. The number of benzene rings is 2. The van der Waals surface area contributed by atoms with Crippen molar-refractivity contribution in [2.75, 3.05) is 27.7 Å². The van der Waals surface area contributed by atoms with Crippen LogP contribution in [0.5, 0.6) is 0 Å². The predicted molar refractivity (Wildman–Crippen MR) is 111 cm³/mol. The molecular weight excluding hydrogens is 369 g/mol. The van der Waals surface area contributed by atoms with Gasteiger partial charge in [-0.05, 0) is 56.1 Å². The number of rotatable bonds is 8. The second-order valence-corrected chi connectivity index (χ2v) is 7.82. The number of hydrogen-bond donors (Lipinski definition) is 2. The van der Waals surface area contributed by atoms with Gasteiger partial charge in [0.1, 0.15) is 5.82 Å². The highest BCUT2D eigenvalue weighted by atomic mass is 19.1. The first-order chi connectivity index (χ1) is 13.9. The van der Waals surface area contributed by atoms with Crippen LogP contribution in [0.3, 0.4) is 0 Å². The highest BCUT2D eigenvalue weighted by molar-refractivity contribution is 5.94. The van der Waals surface area contributed by atoms with Gasteiger partial charge in [-0.2, -0.15) is 0 Å². The van der Waals surface area contributed by atoms with Crippen LogP contribution in [0.1, 0.15) is 33.8 Å². The molecule has 1 aliphatic carbocycles. The van der Waals surface area contributed by atoms with Crippen LogP contribution < -0.4 is 10.6 Å². The van der Waals surface area contributed by atoms with Crippen LogP contribution in [0.25, 0.3) is 0 Å². The van der Waals surface area contributed by atoms with Gasteiger partial charge in [-0.15, -0.1) is 0 Å². The van der Waals surface area contributed by atoms with E-state index in [1.807, 2.05) is 37.2 Å². The zero-order valence-electron chi connectivity index (χ0n) is 17.1. The SMILES string of the molecule is CNC(=O)c1ccc(CC(CNC(=O)[C@@H]2C[C@H]2c2ccccc2)N(C)C)cc1F. The van der Waals surface area contributed by atoms with Crippen LogP contribution in [0.2, 0.25) is 0 Å². The van der Waals surface area contributed by atoms with E-state index in [1.54, 1.807) is 6.07 Å². The van der Waals surface area contributed by atoms with Gasteiger partial charge < -0.3 is 15.5 Å². The Morgan fingerprint density at radius 2 is 1.90 bits per heavy atom. The second-order valence-electron chi connectivity index (χ2n) is 7.82. The van der Waals surface area contributed by atoms with Gasteiger partial charge in [0.25, 0.3) is 5.91 Å². The summed E-state index contributed by atoms with van der Waals surface area (Å²) in [7, 11) is 5.36. The molecule has 2 aromatic carbocycles. The second kappa shape index (κ2) is 9.18. The molecule has 1 fully saturated rings. The van der Waals surface area contributed by atoms with Crippen molar-refractivity contribution in [3.63, 3.8) is 0 Å². The molecule has 1 unspecified atom stereocenters. The van der Waals surface area contributed by atoms with Gasteiger partial charge in [0.15, 0.2) is 0 Å². The molecule has 0 aliphatic heterocycles. The topological polar surface area (TPSA) is 61.4 Å². The van der Waals surface area contributed by atoms with Crippen LogP contribution in [0, 0.1) is 11.7 Å². The van der Waals surface area contributed by atoms with E-state index < -0.39 is 11.7 Å². The number of halogens is 1. The Morgan fingerprint density at radius 3 is 2.52 bits per heavy atom. The molecule has 3 atom stereocenters. The third-order valence-electron chi connectivity index (χ3n) is 5.57. The van der Waals surface area contributed by atoms with Crippen molar-refractivity contribution >= 4 is 11.8 Å². The number of carbonyl (C=O) groups is 2. The number of carbonyl (C=O) groups excluding carboxylic acids is 2.